The number of ether oxygens (including phenoxy) is 1. The third-order valence-corrected chi connectivity index (χ3v) is 3.99. The van der Waals surface area contributed by atoms with Crippen LogP contribution in [0.3, 0.4) is 0 Å². The van der Waals surface area contributed by atoms with Crippen molar-refractivity contribution < 1.29 is 9.53 Å². The number of para-hydroxylation sites is 1. The fourth-order valence-electron chi connectivity index (χ4n) is 2.06. The number of amides is 1. The summed E-state index contributed by atoms with van der Waals surface area (Å²) >= 11 is 1.48. The van der Waals surface area contributed by atoms with Crippen molar-refractivity contribution in [2.45, 2.75) is 6.42 Å². The Hall–Kier alpha value is -2.40. The first-order chi connectivity index (χ1) is 10.2. The molecule has 1 N–H and O–H groups in total. The number of anilines is 1. The summed E-state index contributed by atoms with van der Waals surface area (Å²) in [4.78, 5) is 16.5. The van der Waals surface area contributed by atoms with E-state index in [4.69, 9.17) is 4.74 Å². The van der Waals surface area contributed by atoms with E-state index in [1.54, 1.807) is 7.11 Å². The van der Waals surface area contributed by atoms with Crippen molar-refractivity contribution >= 4 is 32.6 Å². The van der Waals surface area contributed by atoms with Crippen LogP contribution in [0.15, 0.2) is 48.5 Å². The molecule has 0 spiro atoms. The molecule has 3 rings (SSSR count). The normalized spacial score (nSPS) is 10.5. The highest BCUT2D eigenvalue weighted by Gasteiger charge is 2.08. The molecular weight excluding hydrogens is 284 g/mol. The molecule has 0 saturated carbocycles. The number of nitrogens with zero attached hydrogens (tertiary/aromatic N) is 1. The van der Waals surface area contributed by atoms with Gasteiger partial charge in [-0.2, -0.15) is 0 Å². The van der Waals surface area contributed by atoms with E-state index in [0.29, 0.717) is 11.6 Å². The molecule has 0 bridgehead atoms. The quantitative estimate of drug-likeness (QED) is 0.802. The lowest BCUT2D eigenvalue weighted by Crippen LogP contribution is -2.14. The molecule has 21 heavy (non-hydrogen) atoms. The Labute approximate surface area is 126 Å². The van der Waals surface area contributed by atoms with Gasteiger partial charge in [-0.05, 0) is 29.8 Å². The molecule has 4 nitrogen and oxygen atoms in total. The average molecular weight is 298 g/mol. The van der Waals surface area contributed by atoms with Gasteiger partial charge in [0.25, 0.3) is 0 Å². The first-order valence-corrected chi connectivity index (χ1v) is 7.34. The van der Waals surface area contributed by atoms with Gasteiger partial charge in [0.15, 0.2) is 5.13 Å². The Bertz CT molecular complexity index is 750. The topological polar surface area (TPSA) is 51.2 Å². The van der Waals surface area contributed by atoms with E-state index in [1.165, 1.54) is 11.3 Å². The Kier molecular flexibility index (Phi) is 3.83. The van der Waals surface area contributed by atoms with E-state index in [2.05, 4.69) is 10.3 Å². The number of benzene rings is 2. The van der Waals surface area contributed by atoms with E-state index in [9.17, 15) is 4.79 Å². The molecule has 1 amide bonds. The van der Waals surface area contributed by atoms with Crippen molar-refractivity contribution in [3.05, 3.63) is 54.1 Å². The van der Waals surface area contributed by atoms with Gasteiger partial charge in [0.2, 0.25) is 5.91 Å². The molecule has 0 atom stereocenters. The second-order valence-corrected chi connectivity index (χ2v) is 5.59. The van der Waals surface area contributed by atoms with Crippen molar-refractivity contribution in [3.8, 4) is 5.75 Å². The monoisotopic (exact) mass is 298 g/mol. The first kappa shape index (κ1) is 13.6. The van der Waals surface area contributed by atoms with E-state index < -0.39 is 0 Å². The minimum absolute atomic E-state index is 0.0812. The maximum Gasteiger partial charge on any atom is 0.230 e. The van der Waals surface area contributed by atoms with Crippen molar-refractivity contribution in [2.75, 3.05) is 12.4 Å². The molecule has 1 heterocycles. The lowest BCUT2D eigenvalue weighted by Gasteiger charge is -2.04. The van der Waals surface area contributed by atoms with Crippen LogP contribution in [0, 0.1) is 0 Å². The van der Waals surface area contributed by atoms with Crippen LogP contribution >= 0.6 is 11.3 Å². The number of rotatable bonds is 4. The van der Waals surface area contributed by atoms with E-state index >= 15 is 0 Å². The second-order valence-electron chi connectivity index (χ2n) is 4.56. The number of fused-ring (bicyclic) bond motifs is 1. The zero-order valence-electron chi connectivity index (χ0n) is 11.5. The number of nitrogens with one attached hydrogen (secondary N) is 1. The standard InChI is InChI=1S/C16H14N2O2S/c1-20-12-6-4-5-11(9-12)10-15(19)18-16-17-13-7-2-3-8-14(13)21-16/h2-9H,10H2,1H3,(H,17,18,19). The second kappa shape index (κ2) is 5.93. The highest BCUT2D eigenvalue weighted by atomic mass is 32.1. The average Bonchev–Trinajstić information content (AvgIpc) is 2.89. The van der Waals surface area contributed by atoms with Crippen molar-refractivity contribution in [3.63, 3.8) is 0 Å². The van der Waals surface area contributed by atoms with Crippen LogP contribution in [-0.4, -0.2) is 18.0 Å². The molecule has 5 heteroatoms. The van der Waals surface area contributed by atoms with E-state index in [1.807, 2.05) is 48.5 Å². The van der Waals surface area contributed by atoms with E-state index in [-0.39, 0.29) is 5.91 Å². The molecule has 0 unspecified atom stereocenters. The zero-order chi connectivity index (χ0) is 14.7. The van der Waals surface area contributed by atoms with Gasteiger partial charge >= 0.3 is 0 Å². The number of carbonyl (C=O) groups excluding carboxylic acids is 1. The van der Waals surface area contributed by atoms with Crippen LogP contribution in [0.4, 0.5) is 5.13 Å². The van der Waals surface area contributed by atoms with Crippen molar-refractivity contribution in [1.29, 1.82) is 0 Å². The molecule has 0 saturated heterocycles. The lowest BCUT2D eigenvalue weighted by atomic mass is 10.1. The third-order valence-electron chi connectivity index (χ3n) is 3.04. The fraction of sp³-hybridized carbons (Fsp3) is 0.125. The summed E-state index contributed by atoms with van der Waals surface area (Å²) in [5.74, 6) is 0.669. The van der Waals surface area contributed by atoms with Gasteiger partial charge in [-0.25, -0.2) is 4.98 Å². The zero-order valence-corrected chi connectivity index (χ0v) is 12.3. The van der Waals surface area contributed by atoms with Gasteiger partial charge in [0.1, 0.15) is 5.75 Å². The highest BCUT2D eigenvalue weighted by Crippen LogP contribution is 2.25. The Morgan fingerprint density at radius 3 is 2.90 bits per heavy atom. The number of methoxy groups -OCH3 is 1. The van der Waals surface area contributed by atoms with Gasteiger partial charge in [-0.3, -0.25) is 4.79 Å². The number of aromatic nitrogens is 1. The molecule has 3 aromatic rings. The van der Waals surface area contributed by atoms with Crippen LogP contribution in [0.5, 0.6) is 5.75 Å². The Morgan fingerprint density at radius 1 is 1.24 bits per heavy atom. The minimum Gasteiger partial charge on any atom is -0.497 e. The highest BCUT2D eigenvalue weighted by molar-refractivity contribution is 7.22. The molecule has 106 valence electrons. The molecular formula is C16H14N2O2S. The number of thiazole rings is 1. The van der Waals surface area contributed by atoms with E-state index in [0.717, 1.165) is 21.5 Å². The summed E-state index contributed by atoms with van der Waals surface area (Å²) in [5, 5.41) is 3.47. The van der Waals surface area contributed by atoms with Gasteiger partial charge in [-0.1, -0.05) is 35.6 Å². The van der Waals surface area contributed by atoms with Crippen LogP contribution < -0.4 is 10.1 Å². The molecule has 0 aliphatic rings. The minimum atomic E-state index is -0.0812. The molecule has 0 radical (unpaired) electrons. The number of hydrogen-bond donors (Lipinski definition) is 1. The summed E-state index contributed by atoms with van der Waals surface area (Å²) in [6.07, 6.45) is 0.299. The maximum absolute atomic E-state index is 12.1. The Morgan fingerprint density at radius 2 is 2.10 bits per heavy atom. The van der Waals surface area contributed by atoms with Crippen LogP contribution in [0.2, 0.25) is 0 Å². The lowest BCUT2D eigenvalue weighted by molar-refractivity contribution is -0.115. The van der Waals surface area contributed by atoms with Crippen LogP contribution in [0.1, 0.15) is 5.56 Å². The largest absolute Gasteiger partial charge is 0.497 e. The predicted octanol–water partition coefficient (Wildman–Crippen LogP) is 3.49. The first-order valence-electron chi connectivity index (χ1n) is 6.53. The molecule has 0 aliphatic carbocycles. The molecule has 0 fully saturated rings. The van der Waals surface area contributed by atoms with Crippen LogP contribution in [-0.2, 0) is 11.2 Å². The van der Waals surface area contributed by atoms with Gasteiger partial charge in [0, 0.05) is 0 Å². The van der Waals surface area contributed by atoms with Gasteiger partial charge in [0.05, 0.1) is 23.7 Å². The Balaban J connectivity index is 1.70. The van der Waals surface area contributed by atoms with Crippen LogP contribution in [0.25, 0.3) is 10.2 Å². The van der Waals surface area contributed by atoms with Crippen molar-refractivity contribution in [2.24, 2.45) is 0 Å². The van der Waals surface area contributed by atoms with Gasteiger partial charge < -0.3 is 10.1 Å². The fourth-order valence-corrected chi connectivity index (χ4v) is 2.94. The summed E-state index contributed by atoms with van der Waals surface area (Å²) < 4.78 is 6.22. The number of hydrogen-bond acceptors (Lipinski definition) is 4. The summed E-state index contributed by atoms with van der Waals surface area (Å²) in [6.45, 7) is 0. The number of carbonyl (C=O) groups is 1. The smallest absolute Gasteiger partial charge is 0.230 e. The summed E-state index contributed by atoms with van der Waals surface area (Å²) in [7, 11) is 1.61. The maximum atomic E-state index is 12.1. The van der Waals surface area contributed by atoms with Crippen molar-refractivity contribution in [1.82, 2.24) is 4.98 Å². The molecule has 2 aromatic carbocycles. The third kappa shape index (κ3) is 3.20. The summed E-state index contributed by atoms with van der Waals surface area (Å²) in [5.41, 5.74) is 1.81. The molecule has 1 aromatic heterocycles. The summed E-state index contributed by atoms with van der Waals surface area (Å²) in [6, 6.07) is 15.3. The SMILES string of the molecule is COc1cccc(CC(=O)Nc2nc3ccccc3s2)c1. The van der Waals surface area contributed by atoms with Gasteiger partial charge in [-0.15, -0.1) is 0 Å². The predicted molar refractivity (Wildman–Crippen MR) is 84.9 cm³/mol. The molecule has 0 aliphatic heterocycles.